The van der Waals surface area contributed by atoms with E-state index in [0.717, 1.165) is 19.3 Å². The summed E-state index contributed by atoms with van der Waals surface area (Å²) >= 11 is 0. The van der Waals surface area contributed by atoms with Crippen molar-refractivity contribution < 1.29 is 18.1 Å². The van der Waals surface area contributed by atoms with E-state index in [9.17, 15) is 13.5 Å². The molecule has 0 rings (SSSR count). The first-order valence-corrected chi connectivity index (χ1v) is 6.20. The molecule has 0 aromatic carbocycles. The standard InChI is InChI=1S/C8H18O4S/c1-2-3-4-5-8(9)6-7-13(10,11)12/h8-9H,2-7H2,1H3,(H,10,11,12). The molecule has 0 fully saturated rings. The van der Waals surface area contributed by atoms with Crippen LogP contribution in [0.2, 0.25) is 0 Å². The van der Waals surface area contributed by atoms with Gasteiger partial charge in [-0.05, 0) is 12.8 Å². The van der Waals surface area contributed by atoms with E-state index in [1.54, 1.807) is 0 Å². The fourth-order valence-corrected chi connectivity index (χ4v) is 1.63. The molecule has 0 aromatic heterocycles. The molecular weight excluding hydrogens is 192 g/mol. The normalized spacial score (nSPS) is 14.4. The third-order valence-electron chi connectivity index (χ3n) is 1.85. The zero-order chi connectivity index (χ0) is 10.3. The summed E-state index contributed by atoms with van der Waals surface area (Å²) in [6.07, 6.45) is 3.16. The lowest BCUT2D eigenvalue weighted by Gasteiger charge is -2.08. The van der Waals surface area contributed by atoms with Crippen molar-refractivity contribution in [2.75, 3.05) is 5.75 Å². The maximum atomic E-state index is 10.3. The van der Waals surface area contributed by atoms with Crippen LogP contribution in [0.4, 0.5) is 0 Å². The molecule has 0 saturated carbocycles. The Hall–Kier alpha value is -0.130. The zero-order valence-electron chi connectivity index (χ0n) is 7.94. The first kappa shape index (κ1) is 12.9. The van der Waals surface area contributed by atoms with E-state index in [2.05, 4.69) is 6.92 Å². The lowest BCUT2D eigenvalue weighted by atomic mass is 10.1. The molecule has 0 aliphatic carbocycles. The second-order valence-corrected chi connectivity index (χ2v) is 4.80. The summed E-state index contributed by atoms with van der Waals surface area (Å²) in [5.74, 6) is -0.347. The molecule has 0 saturated heterocycles. The number of hydrogen-bond acceptors (Lipinski definition) is 3. The lowest BCUT2D eigenvalue weighted by molar-refractivity contribution is 0.156. The summed E-state index contributed by atoms with van der Waals surface area (Å²) in [6.45, 7) is 2.06. The van der Waals surface area contributed by atoms with Crippen LogP contribution < -0.4 is 0 Å². The van der Waals surface area contributed by atoms with Crippen LogP contribution in [0, 0.1) is 0 Å². The van der Waals surface area contributed by atoms with Gasteiger partial charge >= 0.3 is 0 Å². The Bertz CT molecular complexity index is 210. The Labute approximate surface area is 79.7 Å². The maximum absolute atomic E-state index is 10.3. The van der Waals surface area contributed by atoms with Gasteiger partial charge in [0, 0.05) is 0 Å². The SMILES string of the molecule is CCCCCC(O)CCS(=O)(=O)O. The van der Waals surface area contributed by atoms with E-state index in [4.69, 9.17) is 4.55 Å². The number of aliphatic hydroxyl groups excluding tert-OH is 1. The first-order chi connectivity index (χ1) is 5.95. The molecule has 0 aliphatic rings. The monoisotopic (exact) mass is 210 g/mol. The van der Waals surface area contributed by atoms with E-state index in [1.165, 1.54) is 0 Å². The third-order valence-corrected chi connectivity index (χ3v) is 2.60. The highest BCUT2D eigenvalue weighted by Crippen LogP contribution is 2.06. The van der Waals surface area contributed by atoms with Crippen molar-refractivity contribution in [3.63, 3.8) is 0 Å². The minimum absolute atomic E-state index is 0.128. The molecule has 0 aromatic rings. The number of aliphatic hydroxyl groups is 1. The van der Waals surface area contributed by atoms with Gasteiger partial charge in [-0.3, -0.25) is 4.55 Å². The van der Waals surface area contributed by atoms with Gasteiger partial charge in [0.25, 0.3) is 10.1 Å². The molecule has 0 aliphatic heterocycles. The van der Waals surface area contributed by atoms with E-state index < -0.39 is 16.2 Å². The van der Waals surface area contributed by atoms with E-state index in [0.29, 0.717) is 6.42 Å². The van der Waals surface area contributed by atoms with Crippen molar-refractivity contribution in [2.45, 2.75) is 45.1 Å². The highest BCUT2D eigenvalue weighted by atomic mass is 32.2. The van der Waals surface area contributed by atoms with Crippen molar-refractivity contribution in [3.05, 3.63) is 0 Å². The molecule has 0 amide bonds. The van der Waals surface area contributed by atoms with Gasteiger partial charge < -0.3 is 5.11 Å². The number of rotatable bonds is 7. The second kappa shape index (κ2) is 6.34. The topological polar surface area (TPSA) is 74.6 Å². The van der Waals surface area contributed by atoms with Crippen molar-refractivity contribution in [1.82, 2.24) is 0 Å². The summed E-state index contributed by atoms with van der Waals surface area (Å²) in [5, 5.41) is 9.26. The Kier molecular flexibility index (Phi) is 6.28. The van der Waals surface area contributed by atoms with Crippen LogP contribution in [-0.4, -0.2) is 29.9 Å². The lowest BCUT2D eigenvalue weighted by Crippen LogP contribution is -2.14. The molecule has 2 N–H and O–H groups in total. The summed E-state index contributed by atoms with van der Waals surface area (Å²) in [7, 11) is -3.91. The molecule has 4 nitrogen and oxygen atoms in total. The summed E-state index contributed by atoms with van der Waals surface area (Å²) < 4.78 is 29.0. The fourth-order valence-electron chi connectivity index (χ4n) is 1.06. The highest BCUT2D eigenvalue weighted by Gasteiger charge is 2.09. The molecule has 1 atom stereocenters. The Morgan fingerprint density at radius 3 is 2.31 bits per heavy atom. The van der Waals surface area contributed by atoms with Crippen molar-refractivity contribution in [3.8, 4) is 0 Å². The van der Waals surface area contributed by atoms with Gasteiger partial charge in [0.15, 0.2) is 0 Å². The van der Waals surface area contributed by atoms with Crippen LogP contribution in [0.5, 0.6) is 0 Å². The van der Waals surface area contributed by atoms with E-state index in [-0.39, 0.29) is 12.2 Å². The maximum Gasteiger partial charge on any atom is 0.264 e. The molecule has 0 radical (unpaired) electrons. The molecule has 80 valence electrons. The van der Waals surface area contributed by atoms with Crippen LogP contribution in [0.15, 0.2) is 0 Å². The molecule has 5 heteroatoms. The van der Waals surface area contributed by atoms with Crippen molar-refractivity contribution in [1.29, 1.82) is 0 Å². The minimum atomic E-state index is -3.91. The van der Waals surface area contributed by atoms with Crippen molar-refractivity contribution in [2.24, 2.45) is 0 Å². The molecule has 0 bridgehead atoms. The van der Waals surface area contributed by atoms with Gasteiger partial charge in [0.2, 0.25) is 0 Å². The van der Waals surface area contributed by atoms with E-state index >= 15 is 0 Å². The van der Waals surface area contributed by atoms with Gasteiger partial charge in [0.1, 0.15) is 0 Å². The predicted octanol–water partition coefficient (Wildman–Crippen LogP) is 1.21. The summed E-state index contributed by atoms with van der Waals surface area (Å²) in [5.41, 5.74) is 0. The number of unbranched alkanes of at least 4 members (excludes halogenated alkanes) is 2. The molecule has 0 heterocycles. The Balaban J connectivity index is 3.46. The zero-order valence-corrected chi connectivity index (χ0v) is 8.76. The molecular formula is C8H18O4S. The molecule has 13 heavy (non-hydrogen) atoms. The van der Waals surface area contributed by atoms with Gasteiger partial charge in [-0.25, -0.2) is 0 Å². The molecule has 0 spiro atoms. The first-order valence-electron chi connectivity index (χ1n) is 4.59. The largest absolute Gasteiger partial charge is 0.393 e. The van der Waals surface area contributed by atoms with Crippen LogP contribution >= 0.6 is 0 Å². The Morgan fingerprint density at radius 1 is 1.23 bits per heavy atom. The van der Waals surface area contributed by atoms with Gasteiger partial charge in [0.05, 0.1) is 11.9 Å². The predicted molar refractivity (Wildman–Crippen MR) is 51.2 cm³/mol. The fraction of sp³-hybridized carbons (Fsp3) is 1.00. The van der Waals surface area contributed by atoms with Crippen LogP contribution in [0.1, 0.15) is 39.0 Å². The van der Waals surface area contributed by atoms with Gasteiger partial charge in [-0.15, -0.1) is 0 Å². The van der Waals surface area contributed by atoms with Crippen LogP contribution in [0.3, 0.4) is 0 Å². The summed E-state index contributed by atoms with van der Waals surface area (Å²) in [6, 6.07) is 0. The highest BCUT2D eigenvalue weighted by molar-refractivity contribution is 7.85. The van der Waals surface area contributed by atoms with Crippen LogP contribution in [-0.2, 0) is 10.1 Å². The van der Waals surface area contributed by atoms with E-state index in [1.807, 2.05) is 0 Å². The second-order valence-electron chi connectivity index (χ2n) is 3.22. The summed E-state index contributed by atoms with van der Waals surface area (Å²) in [4.78, 5) is 0. The van der Waals surface area contributed by atoms with Crippen molar-refractivity contribution >= 4 is 10.1 Å². The van der Waals surface area contributed by atoms with Gasteiger partial charge in [-0.1, -0.05) is 26.2 Å². The Morgan fingerprint density at radius 2 is 1.85 bits per heavy atom. The third kappa shape index (κ3) is 9.79. The smallest absolute Gasteiger partial charge is 0.264 e. The van der Waals surface area contributed by atoms with Gasteiger partial charge in [-0.2, -0.15) is 8.42 Å². The quantitative estimate of drug-likeness (QED) is 0.489. The minimum Gasteiger partial charge on any atom is -0.393 e. The number of hydrogen-bond donors (Lipinski definition) is 2. The average molecular weight is 210 g/mol. The average Bonchev–Trinajstić information content (AvgIpc) is 2.00. The molecule has 1 unspecified atom stereocenters. The van der Waals surface area contributed by atoms with Crippen LogP contribution in [0.25, 0.3) is 0 Å².